The maximum atomic E-state index is 5.93. The van der Waals surface area contributed by atoms with Crippen molar-refractivity contribution in [3.8, 4) is 0 Å². The van der Waals surface area contributed by atoms with Crippen molar-refractivity contribution in [2.45, 2.75) is 20.4 Å². The summed E-state index contributed by atoms with van der Waals surface area (Å²) in [4.78, 5) is 4.24. The van der Waals surface area contributed by atoms with E-state index in [0.29, 0.717) is 0 Å². The SMILES string of the molecule is Cc1c(C)n(Cc2ccc(Cl)cc2)c2cnccc12. The summed E-state index contributed by atoms with van der Waals surface area (Å²) in [6.45, 7) is 5.17. The highest BCUT2D eigenvalue weighted by Crippen LogP contribution is 2.25. The van der Waals surface area contributed by atoms with Gasteiger partial charge < -0.3 is 4.57 Å². The summed E-state index contributed by atoms with van der Waals surface area (Å²) in [6.07, 6.45) is 3.78. The monoisotopic (exact) mass is 270 g/mol. The Labute approximate surface area is 117 Å². The molecule has 3 rings (SSSR count). The smallest absolute Gasteiger partial charge is 0.0674 e. The van der Waals surface area contributed by atoms with Crippen LogP contribution in [0.15, 0.2) is 42.7 Å². The summed E-state index contributed by atoms with van der Waals surface area (Å²) >= 11 is 5.93. The molecular formula is C16H15ClN2. The van der Waals surface area contributed by atoms with Crippen molar-refractivity contribution in [1.29, 1.82) is 0 Å². The van der Waals surface area contributed by atoms with Gasteiger partial charge in [0.2, 0.25) is 0 Å². The second kappa shape index (κ2) is 4.71. The summed E-state index contributed by atoms with van der Waals surface area (Å²) in [6, 6.07) is 10.1. The van der Waals surface area contributed by atoms with Crippen LogP contribution in [-0.2, 0) is 6.54 Å². The van der Waals surface area contributed by atoms with Crippen LogP contribution in [0.4, 0.5) is 0 Å². The van der Waals surface area contributed by atoms with Crippen molar-refractivity contribution < 1.29 is 0 Å². The van der Waals surface area contributed by atoms with Gasteiger partial charge in [-0.15, -0.1) is 0 Å². The summed E-state index contributed by atoms with van der Waals surface area (Å²) in [5, 5.41) is 2.05. The van der Waals surface area contributed by atoms with Crippen molar-refractivity contribution in [3.05, 3.63) is 64.6 Å². The zero-order chi connectivity index (χ0) is 13.4. The summed E-state index contributed by atoms with van der Waals surface area (Å²) in [7, 11) is 0. The van der Waals surface area contributed by atoms with Crippen LogP contribution in [0.2, 0.25) is 5.02 Å². The molecule has 96 valence electrons. The lowest BCUT2D eigenvalue weighted by Gasteiger charge is -2.08. The highest BCUT2D eigenvalue weighted by molar-refractivity contribution is 6.30. The first-order valence-electron chi connectivity index (χ1n) is 6.30. The first-order chi connectivity index (χ1) is 9.16. The van der Waals surface area contributed by atoms with Crippen molar-refractivity contribution >= 4 is 22.5 Å². The van der Waals surface area contributed by atoms with E-state index in [-0.39, 0.29) is 0 Å². The minimum atomic E-state index is 0.774. The Morgan fingerprint density at radius 3 is 2.58 bits per heavy atom. The van der Waals surface area contributed by atoms with E-state index in [1.54, 1.807) is 0 Å². The van der Waals surface area contributed by atoms with Crippen molar-refractivity contribution in [3.63, 3.8) is 0 Å². The number of fused-ring (bicyclic) bond motifs is 1. The van der Waals surface area contributed by atoms with Crippen molar-refractivity contribution in [2.75, 3.05) is 0 Å². The maximum absolute atomic E-state index is 5.93. The molecule has 0 radical (unpaired) electrons. The first-order valence-corrected chi connectivity index (χ1v) is 6.68. The molecule has 0 saturated heterocycles. The van der Waals surface area contributed by atoms with Crippen LogP contribution in [0, 0.1) is 13.8 Å². The largest absolute Gasteiger partial charge is 0.339 e. The number of aromatic nitrogens is 2. The third-order valence-electron chi connectivity index (χ3n) is 3.70. The molecular weight excluding hydrogens is 256 g/mol. The van der Waals surface area contributed by atoms with Crippen LogP contribution in [-0.4, -0.2) is 9.55 Å². The van der Waals surface area contributed by atoms with Crippen molar-refractivity contribution in [2.24, 2.45) is 0 Å². The van der Waals surface area contributed by atoms with E-state index in [1.165, 1.54) is 27.7 Å². The van der Waals surface area contributed by atoms with Gasteiger partial charge in [0.15, 0.2) is 0 Å². The van der Waals surface area contributed by atoms with Gasteiger partial charge in [-0.25, -0.2) is 0 Å². The number of halogens is 1. The third kappa shape index (κ3) is 2.13. The van der Waals surface area contributed by atoms with E-state index in [2.05, 4.69) is 41.6 Å². The number of hydrogen-bond donors (Lipinski definition) is 0. The molecule has 0 saturated carbocycles. The summed E-state index contributed by atoms with van der Waals surface area (Å²) in [5.74, 6) is 0. The molecule has 0 fully saturated rings. The predicted molar refractivity (Wildman–Crippen MR) is 79.8 cm³/mol. The van der Waals surface area contributed by atoms with Gasteiger partial charge in [-0.05, 0) is 43.2 Å². The molecule has 1 aromatic carbocycles. The first kappa shape index (κ1) is 12.2. The Balaban J connectivity index is 2.10. The molecule has 2 nitrogen and oxygen atoms in total. The standard InChI is InChI=1S/C16H15ClN2/c1-11-12(2)19(16-9-18-8-7-15(11)16)10-13-3-5-14(17)6-4-13/h3-9H,10H2,1-2H3. The van der Waals surface area contributed by atoms with Gasteiger partial charge in [0, 0.05) is 28.8 Å². The maximum Gasteiger partial charge on any atom is 0.0674 e. The summed E-state index contributed by atoms with van der Waals surface area (Å²) < 4.78 is 2.31. The minimum absolute atomic E-state index is 0.774. The molecule has 0 unspecified atom stereocenters. The molecule has 0 aliphatic heterocycles. The molecule has 0 N–H and O–H groups in total. The molecule has 3 heteroatoms. The lowest BCUT2D eigenvalue weighted by Crippen LogP contribution is -2.01. The Morgan fingerprint density at radius 1 is 1.11 bits per heavy atom. The van der Waals surface area contributed by atoms with Gasteiger partial charge in [-0.3, -0.25) is 4.98 Å². The zero-order valence-corrected chi connectivity index (χ0v) is 11.8. The van der Waals surface area contributed by atoms with E-state index in [0.717, 1.165) is 11.6 Å². The highest BCUT2D eigenvalue weighted by atomic mass is 35.5. The van der Waals surface area contributed by atoms with Gasteiger partial charge in [-0.2, -0.15) is 0 Å². The molecule has 0 aliphatic rings. The molecule has 2 heterocycles. The van der Waals surface area contributed by atoms with Crippen LogP contribution in [0.3, 0.4) is 0 Å². The molecule has 0 amide bonds. The topological polar surface area (TPSA) is 17.8 Å². The van der Waals surface area contributed by atoms with Gasteiger partial charge in [-0.1, -0.05) is 23.7 Å². The van der Waals surface area contributed by atoms with E-state index >= 15 is 0 Å². The van der Waals surface area contributed by atoms with Crippen LogP contribution < -0.4 is 0 Å². The zero-order valence-electron chi connectivity index (χ0n) is 11.0. The Kier molecular flexibility index (Phi) is 3.03. The Hall–Kier alpha value is -1.80. The lowest BCUT2D eigenvalue weighted by atomic mass is 10.2. The Morgan fingerprint density at radius 2 is 1.84 bits per heavy atom. The number of aryl methyl sites for hydroxylation is 1. The minimum Gasteiger partial charge on any atom is -0.339 e. The predicted octanol–water partition coefficient (Wildman–Crippen LogP) is 4.35. The average molecular weight is 271 g/mol. The molecule has 2 aromatic heterocycles. The molecule has 0 spiro atoms. The van der Waals surface area contributed by atoms with Gasteiger partial charge >= 0.3 is 0 Å². The molecule has 0 aliphatic carbocycles. The number of hydrogen-bond acceptors (Lipinski definition) is 1. The number of rotatable bonds is 2. The second-order valence-electron chi connectivity index (χ2n) is 4.82. The Bertz CT molecular complexity index is 726. The molecule has 19 heavy (non-hydrogen) atoms. The van der Waals surface area contributed by atoms with Gasteiger partial charge in [0.1, 0.15) is 0 Å². The fourth-order valence-corrected chi connectivity index (χ4v) is 2.60. The lowest BCUT2D eigenvalue weighted by molar-refractivity contribution is 0.799. The molecule has 0 atom stereocenters. The van der Waals surface area contributed by atoms with Crippen LogP contribution in [0.5, 0.6) is 0 Å². The number of nitrogens with zero attached hydrogens (tertiary/aromatic N) is 2. The fraction of sp³-hybridized carbons (Fsp3) is 0.188. The van der Waals surface area contributed by atoms with Gasteiger partial charge in [0.05, 0.1) is 11.7 Å². The van der Waals surface area contributed by atoms with Gasteiger partial charge in [0.25, 0.3) is 0 Å². The van der Waals surface area contributed by atoms with E-state index in [1.807, 2.05) is 24.5 Å². The molecule has 0 bridgehead atoms. The van der Waals surface area contributed by atoms with E-state index < -0.39 is 0 Å². The average Bonchev–Trinajstić information content (AvgIpc) is 2.67. The molecule has 3 aromatic rings. The normalized spacial score (nSPS) is 11.1. The van der Waals surface area contributed by atoms with E-state index in [4.69, 9.17) is 11.6 Å². The number of benzene rings is 1. The quantitative estimate of drug-likeness (QED) is 0.677. The number of pyridine rings is 1. The van der Waals surface area contributed by atoms with Crippen molar-refractivity contribution in [1.82, 2.24) is 9.55 Å². The van der Waals surface area contributed by atoms with E-state index in [9.17, 15) is 0 Å². The second-order valence-corrected chi connectivity index (χ2v) is 5.25. The highest BCUT2D eigenvalue weighted by Gasteiger charge is 2.10. The summed E-state index contributed by atoms with van der Waals surface area (Å²) in [5.41, 5.74) is 5.05. The van der Waals surface area contributed by atoms with Crippen LogP contribution >= 0.6 is 11.6 Å². The van der Waals surface area contributed by atoms with Crippen LogP contribution in [0.25, 0.3) is 10.9 Å². The van der Waals surface area contributed by atoms with Crippen LogP contribution in [0.1, 0.15) is 16.8 Å². The third-order valence-corrected chi connectivity index (χ3v) is 3.95. The fourth-order valence-electron chi connectivity index (χ4n) is 2.47.